The van der Waals surface area contributed by atoms with Crippen LogP contribution in [0.5, 0.6) is 0 Å². The highest BCUT2D eigenvalue weighted by Crippen LogP contribution is 2.42. The zero-order valence-corrected chi connectivity index (χ0v) is 21.9. The lowest BCUT2D eigenvalue weighted by Crippen LogP contribution is -2.43. The highest BCUT2D eigenvalue weighted by atomic mass is 19.4. The topological polar surface area (TPSA) is 26.8 Å². The Morgan fingerprint density at radius 3 is 2.11 bits per heavy atom. The largest absolute Gasteiger partial charge is 0.416 e. The van der Waals surface area contributed by atoms with E-state index in [1.807, 2.05) is 14.0 Å². The molecular weight excluding hydrogens is 515 g/mol. The molecular formula is C27H32F7N3O. The van der Waals surface area contributed by atoms with Gasteiger partial charge in [0.2, 0.25) is 0 Å². The van der Waals surface area contributed by atoms with E-state index in [1.54, 1.807) is 17.9 Å². The third-order valence-electron chi connectivity index (χ3n) is 7.38. The van der Waals surface area contributed by atoms with Crippen LogP contribution < -0.4 is 0 Å². The first-order chi connectivity index (χ1) is 17.5. The highest BCUT2D eigenvalue weighted by molar-refractivity contribution is 5.76. The van der Waals surface area contributed by atoms with E-state index in [-0.39, 0.29) is 17.5 Å². The molecule has 0 saturated carbocycles. The lowest BCUT2D eigenvalue weighted by Gasteiger charge is -2.36. The van der Waals surface area contributed by atoms with Crippen molar-refractivity contribution in [3.63, 3.8) is 0 Å². The first kappa shape index (κ1) is 29.7. The molecule has 0 aliphatic carbocycles. The number of alkyl halides is 6. The molecule has 11 heteroatoms. The summed E-state index contributed by atoms with van der Waals surface area (Å²) in [7, 11) is 3.31. The van der Waals surface area contributed by atoms with Crippen LogP contribution in [0.2, 0.25) is 0 Å². The number of carbonyl (C=O) groups is 1. The summed E-state index contributed by atoms with van der Waals surface area (Å²) in [5.74, 6) is -0.415. The summed E-state index contributed by atoms with van der Waals surface area (Å²) in [6, 6.07) is 3.65. The molecule has 2 aromatic carbocycles. The van der Waals surface area contributed by atoms with Crippen molar-refractivity contribution in [1.29, 1.82) is 0 Å². The van der Waals surface area contributed by atoms with E-state index >= 15 is 0 Å². The Morgan fingerprint density at radius 1 is 1.03 bits per heavy atom. The summed E-state index contributed by atoms with van der Waals surface area (Å²) in [5.41, 5.74) is -1.73. The molecule has 0 bridgehead atoms. The second-order valence-electron chi connectivity index (χ2n) is 9.95. The fourth-order valence-electron chi connectivity index (χ4n) is 5.00. The average Bonchev–Trinajstić information content (AvgIpc) is 3.24. The maximum absolute atomic E-state index is 13.8. The van der Waals surface area contributed by atoms with Gasteiger partial charge in [0.15, 0.2) is 0 Å². The molecule has 38 heavy (non-hydrogen) atoms. The van der Waals surface area contributed by atoms with Crippen molar-refractivity contribution in [1.82, 2.24) is 14.7 Å². The molecule has 0 aromatic heterocycles. The summed E-state index contributed by atoms with van der Waals surface area (Å²) in [5, 5.41) is 0. The molecule has 0 radical (unpaired) electrons. The van der Waals surface area contributed by atoms with Crippen LogP contribution in [-0.4, -0.2) is 54.5 Å². The van der Waals surface area contributed by atoms with Gasteiger partial charge in [0.1, 0.15) is 5.82 Å². The second-order valence-corrected chi connectivity index (χ2v) is 9.95. The van der Waals surface area contributed by atoms with Crippen LogP contribution in [0.3, 0.4) is 0 Å². The summed E-state index contributed by atoms with van der Waals surface area (Å²) in [6.07, 6.45) is -9.34. The quantitative estimate of drug-likeness (QED) is 0.355. The number of hydrogen-bond donors (Lipinski definition) is 0. The average molecular weight is 548 g/mol. The predicted octanol–water partition coefficient (Wildman–Crippen LogP) is 7.30. The number of halogens is 7. The molecule has 0 spiro atoms. The summed E-state index contributed by atoms with van der Waals surface area (Å²) < 4.78 is 94.2. The first-order valence-corrected chi connectivity index (χ1v) is 12.3. The Bertz CT molecular complexity index is 1120. The van der Waals surface area contributed by atoms with E-state index in [2.05, 4.69) is 4.90 Å². The van der Waals surface area contributed by atoms with Crippen LogP contribution in [0, 0.1) is 18.7 Å². The van der Waals surface area contributed by atoms with Crippen molar-refractivity contribution in [3.8, 4) is 0 Å². The smallest absolute Gasteiger partial charge is 0.321 e. The number of urea groups is 1. The minimum atomic E-state index is -4.99. The summed E-state index contributed by atoms with van der Waals surface area (Å²) in [6.45, 7) is 6.90. The number of nitrogens with zero attached hydrogens (tertiary/aromatic N) is 3. The van der Waals surface area contributed by atoms with Gasteiger partial charge in [-0.25, -0.2) is 9.18 Å². The number of carbonyl (C=O) groups excluding carboxylic acids is 1. The molecule has 0 N–H and O–H groups in total. The van der Waals surface area contributed by atoms with Crippen molar-refractivity contribution in [2.24, 2.45) is 5.92 Å². The Balaban J connectivity index is 1.98. The van der Waals surface area contributed by atoms with E-state index in [1.165, 1.54) is 26.1 Å². The standard InChI is InChI=1S/C27H32F7N3O/c1-6-35(4)15-18-9-10-37(24(18)23-8-7-22(28)11-16(23)2)25(38)36(5)17(3)19-12-20(26(29,30)31)14-21(13-19)27(32,33)34/h7-8,11-14,17-18,24H,6,9-10,15H2,1-5H3/t17-,18+,24-/m1/s1. The molecule has 1 fully saturated rings. The van der Waals surface area contributed by atoms with Gasteiger partial charge in [-0.15, -0.1) is 0 Å². The van der Waals surface area contributed by atoms with Crippen molar-refractivity contribution < 1.29 is 35.5 Å². The normalized spacial score (nSPS) is 19.2. The second kappa shape index (κ2) is 11.1. The zero-order valence-electron chi connectivity index (χ0n) is 21.9. The third kappa shape index (κ3) is 6.42. The Morgan fingerprint density at radius 2 is 1.61 bits per heavy atom. The fourth-order valence-corrected chi connectivity index (χ4v) is 5.00. The molecule has 2 amide bonds. The molecule has 4 nitrogen and oxygen atoms in total. The molecule has 1 saturated heterocycles. The molecule has 1 aliphatic heterocycles. The van der Waals surface area contributed by atoms with Crippen LogP contribution in [0.25, 0.3) is 0 Å². The molecule has 3 rings (SSSR count). The Hall–Kier alpha value is -2.82. The minimum Gasteiger partial charge on any atom is -0.321 e. The molecule has 3 atom stereocenters. The predicted molar refractivity (Wildman–Crippen MR) is 130 cm³/mol. The Labute approximate surface area is 218 Å². The lowest BCUT2D eigenvalue weighted by molar-refractivity contribution is -0.143. The summed E-state index contributed by atoms with van der Waals surface area (Å²) >= 11 is 0. The fraction of sp³-hybridized carbons (Fsp3) is 0.519. The molecule has 2 aromatic rings. The van der Waals surface area contributed by atoms with E-state index in [9.17, 15) is 35.5 Å². The van der Waals surface area contributed by atoms with Crippen LogP contribution in [0.1, 0.15) is 60.2 Å². The molecule has 210 valence electrons. The van der Waals surface area contributed by atoms with Gasteiger partial charge in [-0.3, -0.25) is 0 Å². The Kier molecular flexibility index (Phi) is 8.70. The number of hydrogen-bond acceptors (Lipinski definition) is 2. The molecule has 0 unspecified atom stereocenters. The SMILES string of the molecule is CCN(C)C[C@@H]1CCN(C(=O)N(C)[C@H](C)c2cc(C(F)(F)F)cc(C(F)(F)F)c2)[C@H]1c1ccc(F)cc1C. The van der Waals surface area contributed by atoms with E-state index in [4.69, 9.17) is 0 Å². The zero-order chi connectivity index (χ0) is 28.6. The van der Waals surface area contributed by atoms with Crippen LogP contribution in [0.15, 0.2) is 36.4 Å². The highest BCUT2D eigenvalue weighted by Gasteiger charge is 2.42. The summed E-state index contributed by atoms with van der Waals surface area (Å²) in [4.78, 5) is 18.5. The van der Waals surface area contributed by atoms with Crippen LogP contribution >= 0.6 is 0 Å². The van der Waals surface area contributed by atoms with Crippen molar-refractivity contribution in [2.45, 2.75) is 51.6 Å². The number of rotatable bonds is 6. The van der Waals surface area contributed by atoms with Gasteiger partial charge in [-0.1, -0.05) is 13.0 Å². The van der Waals surface area contributed by atoms with E-state index in [0.717, 1.165) is 17.0 Å². The van der Waals surface area contributed by atoms with Crippen molar-refractivity contribution in [2.75, 3.05) is 33.7 Å². The van der Waals surface area contributed by atoms with Gasteiger partial charge in [0.25, 0.3) is 0 Å². The first-order valence-electron chi connectivity index (χ1n) is 12.3. The van der Waals surface area contributed by atoms with Crippen LogP contribution in [-0.2, 0) is 12.4 Å². The van der Waals surface area contributed by atoms with E-state index in [0.29, 0.717) is 37.2 Å². The number of amides is 2. The van der Waals surface area contributed by atoms with Crippen molar-refractivity contribution >= 4 is 6.03 Å². The van der Waals surface area contributed by atoms with Gasteiger partial charge in [0, 0.05) is 20.1 Å². The number of benzene rings is 2. The lowest BCUT2D eigenvalue weighted by atomic mass is 9.90. The van der Waals surface area contributed by atoms with Gasteiger partial charge < -0.3 is 14.7 Å². The molecule has 1 aliphatic rings. The minimum absolute atomic E-state index is 0.00200. The maximum Gasteiger partial charge on any atom is 0.416 e. The van der Waals surface area contributed by atoms with Gasteiger partial charge in [-0.2, -0.15) is 26.3 Å². The van der Waals surface area contributed by atoms with Gasteiger partial charge in [-0.05, 0) is 86.8 Å². The third-order valence-corrected chi connectivity index (χ3v) is 7.38. The number of aryl methyl sites for hydroxylation is 1. The monoisotopic (exact) mass is 547 g/mol. The van der Waals surface area contributed by atoms with Crippen molar-refractivity contribution in [3.05, 3.63) is 70.0 Å². The van der Waals surface area contributed by atoms with E-state index < -0.39 is 47.4 Å². The maximum atomic E-state index is 13.8. The van der Waals surface area contributed by atoms with Gasteiger partial charge >= 0.3 is 18.4 Å². The molecule has 1 heterocycles. The van der Waals surface area contributed by atoms with Crippen LogP contribution in [0.4, 0.5) is 35.5 Å². The number of likely N-dealkylation sites (tertiary alicyclic amines) is 1. The van der Waals surface area contributed by atoms with Gasteiger partial charge in [0.05, 0.1) is 23.2 Å².